The highest BCUT2D eigenvalue weighted by atomic mass is 16.5. The monoisotopic (exact) mass is 261 g/mol. The molecule has 1 fully saturated rings. The SMILES string of the molecule is COc1ccc(C)cc1C(=O)CCCC(=O)N1CC1. The van der Waals surface area contributed by atoms with Gasteiger partial charge in [-0.25, -0.2) is 0 Å². The first-order chi connectivity index (χ1) is 9.11. The Morgan fingerprint density at radius 3 is 2.63 bits per heavy atom. The van der Waals surface area contributed by atoms with Crippen LogP contribution in [0.5, 0.6) is 5.75 Å². The number of rotatable bonds is 6. The van der Waals surface area contributed by atoms with Crippen LogP contribution in [0, 0.1) is 6.92 Å². The van der Waals surface area contributed by atoms with E-state index in [1.165, 1.54) is 0 Å². The normalized spacial score (nSPS) is 13.3. The summed E-state index contributed by atoms with van der Waals surface area (Å²) < 4.78 is 5.20. The number of benzene rings is 1. The van der Waals surface area contributed by atoms with Crippen molar-refractivity contribution in [2.24, 2.45) is 0 Å². The number of methoxy groups -OCH3 is 1. The van der Waals surface area contributed by atoms with E-state index in [2.05, 4.69) is 0 Å². The summed E-state index contributed by atoms with van der Waals surface area (Å²) >= 11 is 0. The number of carbonyl (C=O) groups is 2. The molecule has 0 N–H and O–H groups in total. The highest BCUT2D eigenvalue weighted by molar-refractivity contribution is 5.99. The lowest BCUT2D eigenvalue weighted by atomic mass is 10.0. The third-order valence-electron chi connectivity index (χ3n) is 3.25. The van der Waals surface area contributed by atoms with Crippen molar-refractivity contribution in [1.29, 1.82) is 0 Å². The van der Waals surface area contributed by atoms with Crippen molar-refractivity contribution < 1.29 is 14.3 Å². The van der Waals surface area contributed by atoms with Gasteiger partial charge in [-0.3, -0.25) is 9.59 Å². The fraction of sp³-hybridized carbons (Fsp3) is 0.467. The molecule has 19 heavy (non-hydrogen) atoms. The predicted molar refractivity (Wildman–Crippen MR) is 72.5 cm³/mol. The van der Waals surface area contributed by atoms with Gasteiger partial charge in [0.2, 0.25) is 5.91 Å². The molecule has 0 aromatic heterocycles. The van der Waals surface area contributed by atoms with E-state index in [9.17, 15) is 9.59 Å². The Balaban J connectivity index is 1.91. The van der Waals surface area contributed by atoms with Crippen molar-refractivity contribution in [3.63, 3.8) is 0 Å². The van der Waals surface area contributed by atoms with Gasteiger partial charge >= 0.3 is 0 Å². The fourth-order valence-corrected chi connectivity index (χ4v) is 2.03. The lowest BCUT2D eigenvalue weighted by molar-refractivity contribution is -0.125. The molecule has 0 spiro atoms. The van der Waals surface area contributed by atoms with E-state index in [0.29, 0.717) is 30.6 Å². The Morgan fingerprint density at radius 1 is 1.26 bits per heavy atom. The summed E-state index contributed by atoms with van der Waals surface area (Å²) in [6.45, 7) is 3.69. The predicted octanol–water partition coefficient (Wildman–Crippen LogP) is 2.20. The van der Waals surface area contributed by atoms with E-state index < -0.39 is 0 Å². The number of carbonyl (C=O) groups excluding carboxylic acids is 2. The third-order valence-corrected chi connectivity index (χ3v) is 3.25. The molecule has 4 nitrogen and oxygen atoms in total. The molecule has 0 aliphatic carbocycles. The van der Waals surface area contributed by atoms with Gasteiger partial charge in [0.05, 0.1) is 12.7 Å². The van der Waals surface area contributed by atoms with Crippen molar-refractivity contribution in [3.05, 3.63) is 29.3 Å². The van der Waals surface area contributed by atoms with Gasteiger partial charge in [-0.15, -0.1) is 0 Å². The van der Waals surface area contributed by atoms with E-state index in [1.807, 2.05) is 25.1 Å². The van der Waals surface area contributed by atoms with Gasteiger partial charge in [-0.05, 0) is 25.5 Å². The van der Waals surface area contributed by atoms with Gasteiger partial charge in [0.1, 0.15) is 5.75 Å². The van der Waals surface area contributed by atoms with Crippen molar-refractivity contribution >= 4 is 11.7 Å². The van der Waals surface area contributed by atoms with Crippen molar-refractivity contribution in [1.82, 2.24) is 4.90 Å². The number of Topliss-reactive ketones (excluding diaryl/α,β-unsaturated/α-hetero) is 1. The maximum Gasteiger partial charge on any atom is 0.222 e. The molecule has 1 saturated heterocycles. The molecular weight excluding hydrogens is 242 g/mol. The van der Waals surface area contributed by atoms with Gasteiger partial charge in [-0.2, -0.15) is 0 Å². The molecule has 102 valence electrons. The van der Waals surface area contributed by atoms with Crippen molar-refractivity contribution in [2.45, 2.75) is 26.2 Å². The van der Waals surface area contributed by atoms with Gasteiger partial charge in [0.15, 0.2) is 5.78 Å². The minimum Gasteiger partial charge on any atom is -0.496 e. The minimum absolute atomic E-state index is 0.0409. The number of ketones is 1. The maximum absolute atomic E-state index is 12.1. The number of nitrogens with zero attached hydrogens (tertiary/aromatic N) is 1. The summed E-state index contributed by atoms with van der Waals surface area (Å²) in [5.74, 6) is 0.802. The summed E-state index contributed by atoms with van der Waals surface area (Å²) in [6, 6.07) is 5.57. The van der Waals surface area contributed by atoms with Gasteiger partial charge in [0.25, 0.3) is 0 Å². The quantitative estimate of drug-likeness (QED) is 0.582. The molecule has 0 atom stereocenters. The molecule has 0 radical (unpaired) electrons. The van der Waals surface area contributed by atoms with Crippen LogP contribution in [-0.4, -0.2) is 36.8 Å². The first kappa shape index (κ1) is 13.6. The molecule has 2 rings (SSSR count). The van der Waals surface area contributed by atoms with Crippen LogP contribution in [-0.2, 0) is 4.79 Å². The van der Waals surface area contributed by atoms with Gasteiger partial charge in [0, 0.05) is 25.9 Å². The summed E-state index contributed by atoms with van der Waals surface area (Å²) in [5, 5.41) is 0. The van der Waals surface area contributed by atoms with E-state index in [4.69, 9.17) is 4.74 Å². The number of hydrogen-bond acceptors (Lipinski definition) is 3. The van der Waals surface area contributed by atoms with Crippen LogP contribution in [0.3, 0.4) is 0 Å². The average Bonchev–Trinajstić information content (AvgIpc) is 3.22. The van der Waals surface area contributed by atoms with E-state index in [-0.39, 0.29) is 11.7 Å². The molecule has 4 heteroatoms. The molecule has 0 bridgehead atoms. The van der Waals surface area contributed by atoms with Crippen LogP contribution in [0.15, 0.2) is 18.2 Å². The Bertz CT molecular complexity index is 492. The van der Waals surface area contributed by atoms with E-state index in [0.717, 1.165) is 18.7 Å². The van der Waals surface area contributed by atoms with Crippen LogP contribution in [0.25, 0.3) is 0 Å². The maximum atomic E-state index is 12.1. The molecule has 1 aromatic rings. The molecule has 0 saturated carbocycles. The molecule has 1 aliphatic heterocycles. The topological polar surface area (TPSA) is 46.4 Å². The summed E-state index contributed by atoms with van der Waals surface area (Å²) in [7, 11) is 1.56. The second kappa shape index (κ2) is 5.87. The molecule has 1 amide bonds. The summed E-state index contributed by atoms with van der Waals surface area (Å²) in [4.78, 5) is 25.4. The number of amides is 1. The highest BCUT2D eigenvalue weighted by Gasteiger charge is 2.23. The Labute approximate surface area is 113 Å². The summed E-state index contributed by atoms with van der Waals surface area (Å²) in [5.41, 5.74) is 1.64. The van der Waals surface area contributed by atoms with Crippen molar-refractivity contribution in [3.8, 4) is 5.75 Å². The van der Waals surface area contributed by atoms with Crippen LogP contribution in [0.2, 0.25) is 0 Å². The minimum atomic E-state index is 0.0409. The highest BCUT2D eigenvalue weighted by Crippen LogP contribution is 2.22. The van der Waals surface area contributed by atoms with Crippen LogP contribution >= 0.6 is 0 Å². The third kappa shape index (κ3) is 3.56. The van der Waals surface area contributed by atoms with E-state index in [1.54, 1.807) is 12.0 Å². The van der Waals surface area contributed by atoms with Gasteiger partial charge in [-0.1, -0.05) is 11.6 Å². The standard InChI is InChI=1S/C15H19NO3/c1-11-6-7-14(19-2)12(10-11)13(17)4-3-5-15(18)16-8-9-16/h6-7,10H,3-5,8-9H2,1-2H3. The molecule has 1 heterocycles. The second-order valence-electron chi connectivity index (χ2n) is 4.86. The number of hydrogen-bond donors (Lipinski definition) is 0. The largest absolute Gasteiger partial charge is 0.496 e. The second-order valence-corrected chi connectivity index (χ2v) is 4.86. The first-order valence-electron chi connectivity index (χ1n) is 6.57. The lowest BCUT2D eigenvalue weighted by Crippen LogP contribution is -2.11. The molecule has 1 aliphatic rings. The van der Waals surface area contributed by atoms with Gasteiger partial charge < -0.3 is 9.64 Å². The Morgan fingerprint density at radius 2 is 2.00 bits per heavy atom. The molecular formula is C15H19NO3. The number of aryl methyl sites for hydroxylation is 1. The zero-order valence-corrected chi connectivity index (χ0v) is 11.4. The summed E-state index contributed by atoms with van der Waals surface area (Å²) in [6.07, 6.45) is 1.45. The Kier molecular flexibility index (Phi) is 4.20. The van der Waals surface area contributed by atoms with Crippen LogP contribution in [0.4, 0.5) is 0 Å². The fourth-order valence-electron chi connectivity index (χ4n) is 2.03. The van der Waals surface area contributed by atoms with Crippen molar-refractivity contribution in [2.75, 3.05) is 20.2 Å². The van der Waals surface area contributed by atoms with Crippen LogP contribution in [0.1, 0.15) is 35.2 Å². The van der Waals surface area contributed by atoms with Crippen LogP contribution < -0.4 is 4.74 Å². The zero-order chi connectivity index (χ0) is 13.8. The number of ether oxygens (including phenoxy) is 1. The zero-order valence-electron chi connectivity index (χ0n) is 11.4. The van der Waals surface area contributed by atoms with E-state index >= 15 is 0 Å². The smallest absolute Gasteiger partial charge is 0.222 e. The first-order valence-corrected chi connectivity index (χ1v) is 6.57. The molecule has 0 unspecified atom stereocenters. The average molecular weight is 261 g/mol. The Hall–Kier alpha value is -1.84. The lowest BCUT2D eigenvalue weighted by Gasteiger charge is -2.08. The molecule has 1 aromatic carbocycles.